The van der Waals surface area contributed by atoms with E-state index in [9.17, 15) is 8.42 Å². The number of rotatable bonds is 5. The maximum absolute atomic E-state index is 12.4. The van der Waals surface area contributed by atoms with E-state index in [1.807, 2.05) is 12.1 Å². The molecule has 0 saturated carbocycles. The summed E-state index contributed by atoms with van der Waals surface area (Å²) in [7, 11) is -1.70. The number of hydrogen-bond donors (Lipinski definition) is 0. The van der Waals surface area contributed by atoms with Gasteiger partial charge < -0.3 is 4.74 Å². The van der Waals surface area contributed by atoms with E-state index in [-0.39, 0.29) is 5.75 Å². The smallest absolute Gasteiger partial charge is 0.218 e. The third kappa shape index (κ3) is 4.14. The summed E-state index contributed by atoms with van der Waals surface area (Å²) in [6, 6.07) is 8.66. The van der Waals surface area contributed by atoms with Crippen LogP contribution in [0.1, 0.15) is 17.5 Å². The Morgan fingerprint density at radius 1 is 1.33 bits per heavy atom. The largest absolute Gasteiger partial charge is 0.380 e. The van der Waals surface area contributed by atoms with Crippen LogP contribution in [0.5, 0.6) is 0 Å². The Balaban J connectivity index is 2.04. The Hall–Kier alpha value is -1.68. The molecule has 0 aliphatic carbocycles. The molecule has 112 valence electrons. The van der Waals surface area contributed by atoms with Crippen molar-refractivity contribution in [2.45, 2.75) is 12.2 Å². The van der Waals surface area contributed by atoms with E-state index in [2.05, 4.69) is 0 Å². The van der Waals surface area contributed by atoms with Crippen molar-refractivity contribution in [3.8, 4) is 6.07 Å². The third-order valence-electron chi connectivity index (χ3n) is 3.42. The van der Waals surface area contributed by atoms with Crippen LogP contribution in [0.3, 0.4) is 0 Å². The van der Waals surface area contributed by atoms with Gasteiger partial charge in [0.15, 0.2) is 0 Å². The fraction of sp³-hybridized carbons (Fsp3) is 0.400. The summed E-state index contributed by atoms with van der Waals surface area (Å²) < 4.78 is 31.3. The molecule has 0 spiro atoms. The molecule has 2 rings (SSSR count). The highest BCUT2D eigenvalue weighted by molar-refractivity contribution is 7.88. The van der Waals surface area contributed by atoms with E-state index in [1.54, 1.807) is 31.4 Å². The molecule has 0 saturated heterocycles. The molecule has 0 radical (unpaired) electrons. The summed E-state index contributed by atoms with van der Waals surface area (Å²) in [5.41, 5.74) is 2.37. The molecule has 0 bridgehead atoms. The van der Waals surface area contributed by atoms with Crippen LogP contribution in [-0.4, -0.2) is 39.5 Å². The van der Waals surface area contributed by atoms with E-state index in [0.29, 0.717) is 37.2 Å². The standard InChI is InChI=1S/C15H18N2O3S/c1-20-11-14-6-8-17(9-7-14)21(18,19)12-15-4-2-13(10-16)3-5-15/h2-6H,7-9,11-12H2,1H3. The van der Waals surface area contributed by atoms with Gasteiger partial charge in [-0.1, -0.05) is 18.2 Å². The van der Waals surface area contributed by atoms with Gasteiger partial charge in [-0.2, -0.15) is 9.57 Å². The Labute approximate surface area is 125 Å². The van der Waals surface area contributed by atoms with Crippen LogP contribution in [0.25, 0.3) is 0 Å². The molecular weight excluding hydrogens is 288 g/mol. The van der Waals surface area contributed by atoms with Crippen molar-refractivity contribution in [2.24, 2.45) is 0 Å². The zero-order valence-corrected chi connectivity index (χ0v) is 12.8. The van der Waals surface area contributed by atoms with Crippen LogP contribution < -0.4 is 0 Å². The molecule has 1 heterocycles. The summed E-state index contributed by atoms with van der Waals surface area (Å²) in [6.45, 7) is 1.45. The predicted octanol–water partition coefficient (Wildman–Crippen LogP) is 1.67. The maximum Gasteiger partial charge on any atom is 0.218 e. The number of sulfonamides is 1. The predicted molar refractivity (Wildman–Crippen MR) is 79.9 cm³/mol. The molecule has 5 nitrogen and oxygen atoms in total. The number of nitrogens with zero attached hydrogens (tertiary/aromatic N) is 2. The fourth-order valence-corrected chi connectivity index (χ4v) is 3.71. The fourth-order valence-electron chi connectivity index (χ4n) is 2.24. The average Bonchev–Trinajstić information content (AvgIpc) is 2.48. The van der Waals surface area contributed by atoms with Gasteiger partial charge in [-0.05, 0) is 29.7 Å². The number of methoxy groups -OCH3 is 1. The first-order valence-electron chi connectivity index (χ1n) is 6.69. The van der Waals surface area contributed by atoms with E-state index < -0.39 is 10.0 Å². The minimum absolute atomic E-state index is 0.0356. The molecule has 0 atom stereocenters. The normalized spacial score (nSPS) is 16.3. The van der Waals surface area contributed by atoms with Gasteiger partial charge in [-0.3, -0.25) is 0 Å². The van der Waals surface area contributed by atoms with Gasteiger partial charge in [-0.25, -0.2) is 8.42 Å². The lowest BCUT2D eigenvalue weighted by molar-refractivity contribution is 0.219. The number of ether oxygens (including phenoxy) is 1. The highest BCUT2D eigenvalue weighted by Gasteiger charge is 2.24. The zero-order chi connectivity index (χ0) is 15.3. The second-order valence-corrected chi connectivity index (χ2v) is 6.94. The number of benzene rings is 1. The lowest BCUT2D eigenvalue weighted by Crippen LogP contribution is -2.36. The van der Waals surface area contributed by atoms with Gasteiger partial charge in [0.2, 0.25) is 10.0 Å². The molecule has 0 N–H and O–H groups in total. The topological polar surface area (TPSA) is 70.4 Å². The molecule has 1 aliphatic rings. The molecule has 1 aliphatic heterocycles. The first-order chi connectivity index (χ1) is 10.0. The molecule has 1 aromatic rings. The molecule has 21 heavy (non-hydrogen) atoms. The molecule has 0 fully saturated rings. The molecular formula is C15H18N2O3S. The Bertz CT molecular complexity index is 657. The Morgan fingerprint density at radius 2 is 2.05 bits per heavy atom. The van der Waals surface area contributed by atoms with Crippen LogP contribution in [0, 0.1) is 11.3 Å². The molecule has 6 heteroatoms. The summed E-state index contributed by atoms with van der Waals surface area (Å²) in [5.74, 6) is -0.0356. The first-order valence-corrected chi connectivity index (χ1v) is 8.30. The highest BCUT2D eigenvalue weighted by Crippen LogP contribution is 2.18. The van der Waals surface area contributed by atoms with E-state index in [0.717, 1.165) is 5.57 Å². The van der Waals surface area contributed by atoms with Crippen LogP contribution in [-0.2, 0) is 20.5 Å². The van der Waals surface area contributed by atoms with Crippen molar-refractivity contribution in [3.63, 3.8) is 0 Å². The molecule has 0 amide bonds. The molecule has 0 unspecified atom stereocenters. The SMILES string of the molecule is COCC1=CCN(S(=O)(=O)Cc2ccc(C#N)cc2)CC1. The van der Waals surface area contributed by atoms with Crippen molar-refractivity contribution in [2.75, 3.05) is 26.8 Å². The van der Waals surface area contributed by atoms with Crippen molar-refractivity contribution in [1.29, 1.82) is 5.26 Å². The van der Waals surface area contributed by atoms with Gasteiger partial charge in [0, 0.05) is 20.2 Å². The average molecular weight is 306 g/mol. The van der Waals surface area contributed by atoms with E-state index in [4.69, 9.17) is 10.00 Å². The van der Waals surface area contributed by atoms with Gasteiger partial charge in [-0.15, -0.1) is 0 Å². The lowest BCUT2D eigenvalue weighted by atomic mass is 10.1. The quantitative estimate of drug-likeness (QED) is 0.776. The first kappa shape index (κ1) is 15.7. The van der Waals surface area contributed by atoms with Crippen LogP contribution in [0.15, 0.2) is 35.9 Å². The van der Waals surface area contributed by atoms with Crippen molar-refractivity contribution < 1.29 is 13.2 Å². The van der Waals surface area contributed by atoms with Gasteiger partial charge in [0.05, 0.1) is 24.0 Å². The van der Waals surface area contributed by atoms with E-state index >= 15 is 0 Å². The minimum Gasteiger partial charge on any atom is -0.380 e. The lowest BCUT2D eigenvalue weighted by Gasteiger charge is -2.25. The summed E-state index contributed by atoms with van der Waals surface area (Å²) in [4.78, 5) is 0. The highest BCUT2D eigenvalue weighted by atomic mass is 32.2. The number of hydrogen-bond acceptors (Lipinski definition) is 4. The zero-order valence-electron chi connectivity index (χ0n) is 11.9. The monoisotopic (exact) mass is 306 g/mol. The number of nitriles is 1. The van der Waals surface area contributed by atoms with Crippen molar-refractivity contribution >= 4 is 10.0 Å². The second-order valence-electron chi connectivity index (χ2n) is 4.97. The molecule has 1 aromatic carbocycles. The van der Waals surface area contributed by atoms with E-state index in [1.165, 1.54) is 4.31 Å². The van der Waals surface area contributed by atoms with Crippen molar-refractivity contribution in [3.05, 3.63) is 47.0 Å². The third-order valence-corrected chi connectivity index (χ3v) is 5.24. The summed E-state index contributed by atoms with van der Waals surface area (Å²) in [6.07, 6.45) is 2.63. The van der Waals surface area contributed by atoms with Crippen LogP contribution in [0.2, 0.25) is 0 Å². The van der Waals surface area contributed by atoms with Crippen molar-refractivity contribution in [1.82, 2.24) is 4.31 Å². The minimum atomic E-state index is -3.33. The summed E-state index contributed by atoms with van der Waals surface area (Å²) in [5, 5.41) is 8.74. The maximum atomic E-state index is 12.4. The van der Waals surface area contributed by atoms with Crippen LogP contribution in [0.4, 0.5) is 0 Å². The Kier molecular flexibility index (Phi) is 5.12. The summed E-state index contributed by atoms with van der Waals surface area (Å²) >= 11 is 0. The Morgan fingerprint density at radius 3 is 2.57 bits per heavy atom. The van der Waals surface area contributed by atoms with Gasteiger partial charge in [0.1, 0.15) is 0 Å². The van der Waals surface area contributed by atoms with Crippen LogP contribution >= 0.6 is 0 Å². The van der Waals surface area contributed by atoms with Gasteiger partial charge in [0.25, 0.3) is 0 Å². The van der Waals surface area contributed by atoms with Gasteiger partial charge >= 0.3 is 0 Å². The molecule has 0 aromatic heterocycles. The second kappa shape index (κ2) is 6.85.